The first-order chi connectivity index (χ1) is 11.2. The van der Waals surface area contributed by atoms with Gasteiger partial charge in [-0.15, -0.1) is 0 Å². The van der Waals surface area contributed by atoms with Crippen LogP contribution in [0.2, 0.25) is 5.02 Å². The second-order valence-electron chi connectivity index (χ2n) is 5.47. The number of rotatable bonds is 5. The average Bonchev–Trinajstić information content (AvgIpc) is 2.85. The quantitative estimate of drug-likeness (QED) is 0.777. The van der Waals surface area contributed by atoms with E-state index in [2.05, 4.69) is 0 Å². The highest BCUT2D eigenvalue weighted by atomic mass is 35.5. The minimum absolute atomic E-state index is 0.0554. The van der Waals surface area contributed by atoms with Gasteiger partial charge in [0.25, 0.3) is 5.91 Å². The van der Waals surface area contributed by atoms with E-state index >= 15 is 0 Å². The highest BCUT2D eigenvalue weighted by Crippen LogP contribution is 2.23. The first-order valence-corrected chi connectivity index (χ1v) is 9.59. The summed E-state index contributed by atoms with van der Waals surface area (Å²) in [5, 5.41) is 9.93. The lowest BCUT2D eigenvalue weighted by Gasteiger charge is -2.26. The highest BCUT2D eigenvalue weighted by Gasteiger charge is 2.34. The van der Waals surface area contributed by atoms with Crippen molar-refractivity contribution in [1.29, 1.82) is 0 Å². The molecule has 0 spiro atoms. The highest BCUT2D eigenvalue weighted by molar-refractivity contribution is 7.91. The number of halogens is 1. The van der Waals surface area contributed by atoms with Gasteiger partial charge >= 0.3 is 5.97 Å². The number of amides is 1. The first-order valence-electron chi connectivity index (χ1n) is 7.39. The summed E-state index contributed by atoms with van der Waals surface area (Å²) in [5.41, 5.74) is -0.0984. The SMILES string of the molecule is CCN(C(=O)COC(=O)c1ccc(Cl)cc1O)[C@@H]1CCS(=O)(=O)C1. The van der Waals surface area contributed by atoms with Crippen molar-refractivity contribution in [2.24, 2.45) is 0 Å². The predicted molar refractivity (Wildman–Crippen MR) is 87.8 cm³/mol. The number of hydrogen-bond acceptors (Lipinski definition) is 6. The van der Waals surface area contributed by atoms with Crippen molar-refractivity contribution < 1.29 is 27.9 Å². The molecule has 0 radical (unpaired) electrons. The summed E-state index contributed by atoms with van der Waals surface area (Å²) in [6.07, 6.45) is 0.383. The monoisotopic (exact) mass is 375 g/mol. The number of esters is 1. The van der Waals surface area contributed by atoms with Crippen molar-refractivity contribution in [3.63, 3.8) is 0 Å². The van der Waals surface area contributed by atoms with E-state index in [0.29, 0.717) is 13.0 Å². The number of nitrogens with zero attached hydrogens (tertiary/aromatic N) is 1. The Morgan fingerprint density at radius 1 is 1.42 bits per heavy atom. The van der Waals surface area contributed by atoms with E-state index in [1.165, 1.54) is 23.1 Å². The van der Waals surface area contributed by atoms with E-state index < -0.39 is 34.4 Å². The third-order valence-electron chi connectivity index (χ3n) is 3.82. The Labute approximate surface area is 145 Å². The molecule has 132 valence electrons. The number of hydrogen-bond donors (Lipinski definition) is 1. The lowest BCUT2D eigenvalue weighted by molar-refractivity contribution is -0.136. The molecule has 1 heterocycles. The Bertz CT molecular complexity index is 748. The minimum Gasteiger partial charge on any atom is -0.507 e. The van der Waals surface area contributed by atoms with Crippen molar-refractivity contribution in [2.45, 2.75) is 19.4 Å². The third-order valence-corrected chi connectivity index (χ3v) is 5.80. The van der Waals surface area contributed by atoms with Gasteiger partial charge in [-0.05, 0) is 31.5 Å². The molecule has 1 saturated heterocycles. The van der Waals surface area contributed by atoms with Crippen LogP contribution in [0, 0.1) is 0 Å². The Morgan fingerprint density at radius 2 is 2.12 bits per heavy atom. The maximum Gasteiger partial charge on any atom is 0.342 e. The molecule has 0 unspecified atom stereocenters. The molecule has 1 N–H and O–H groups in total. The second kappa shape index (κ2) is 7.40. The van der Waals surface area contributed by atoms with E-state index in [-0.39, 0.29) is 27.8 Å². The molecule has 9 heteroatoms. The molecule has 1 aliphatic rings. The van der Waals surface area contributed by atoms with Crippen molar-refractivity contribution >= 4 is 33.3 Å². The zero-order valence-corrected chi connectivity index (χ0v) is 14.6. The summed E-state index contributed by atoms with van der Waals surface area (Å²) < 4.78 is 28.0. The molecular weight excluding hydrogens is 358 g/mol. The number of aromatic hydroxyl groups is 1. The summed E-state index contributed by atoms with van der Waals surface area (Å²) in [6, 6.07) is 3.52. The van der Waals surface area contributed by atoms with Crippen LogP contribution < -0.4 is 0 Å². The van der Waals surface area contributed by atoms with Crippen LogP contribution in [0.5, 0.6) is 5.75 Å². The van der Waals surface area contributed by atoms with Crippen LogP contribution in [0.4, 0.5) is 0 Å². The zero-order valence-electron chi connectivity index (χ0n) is 13.1. The molecule has 2 rings (SSSR count). The predicted octanol–water partition coefficient (Wildman–Crippen LogP) is 1.24. The van der Waals surface area contributed by atoms with Gasteiger partial charge in [0, 0.05) is 17.6 Å². The fourth-order valence-corrected chi connectivity index (χ4v) is 4.52. The van der Waals surface area contributed by atoms with Crippen LogP contribution >= 0.6 is 11.6 Å². The fraction of sp³-hybridized carbons (Fsp3) is 0.467. The topological polar surface area (TPSA) is 101 Å². The number of phenolic OH excluding ortho intramolecular Hbond substituents is 1. The molecule has 1 amide bonds. The number of phenols is 1. The normalized spacial score (nSPS) is 19.0. The molecule has 0 bridgehead atoms. The van der Waals surface area contributed by atoms with E-state index in [0.717, 1.165) is 0 Å². The molecule has 0 aromatic heterocycles. The average molecular weight is 376 g/mol. The first kappa shape index (κ1) is 18.5. The van der Waals surface area contributed by atoms with Gasteiger partial charge in [-0.25, -0.2) is 13.2 Å². The Balaban J connectivity index is 1.97. The molecule has 1 atom stereocenters. The van der Waals surface area contributed by atoms with Crippen LogP contribution in [0.1, 0.15) is 23.7 Å². The summed E-state index contributed by atoms with van der Waals surface area (Å²) >= 11 is 5.68. The lowest BCUT2D eigenvalue weighted by Crippen LogP contribution is -2.43. The second-order valence-corrected chi connectivity index (χ2v) is 8.14. The molecule has 1 aromatic rings. The van der Waals surface area contributed by atoms with Gasteiger partial charge in [-0.3, -0.25) is 4.79 Å². The number of carbonyl (C=O) groups is 2. The van der Waals surface area contributed by atoms with Crippen LogP contribution in [0.15, 0.2) is 18.2 Å². The molecule has 1 aliphatic heterocycles. The maximum absolute atomic E-state index is 12.2. The maximum atomic E-state index is 12.2. The van der Waals surface area contributed by atoms with Gasteiger partial charge < -0.3 is 14.7 Å². The summed E-state index contributed by atoms with van der Waals surface area (Å²) in [5.74, 6) is -1.68. The summed E-state index contributed by atoms with van der Waals surface area (Å²) in [4.78, 5) is 25.5. The molecule has 1 fully saturated rings. The van der Waals surface area contributed by atoms with Gasteiger partial charge in [0.1, 0.15) is 11.3 Å². The summed E-state index contributed by atoms with van der Waals surface area (Å²) in [7, 11) is -3.12. The fourth-order valence-electron chi connectivity index (χ4n) is 2.62. The molecular formula is C15H18ClNO6S. The van der Waals surface area contributed by atoms with Gasteiger partial charge in [0.05, 0.1) is 11.5 Å². The van der Waals surface area contributed by atoms with Crippen LogP contribution in [0.25, 0.3) is 0 Å². The van der Waals surface area contributed by atoms with Crippen LogP contribution in [-0.2, 0) is 19.4 Å². The number of benzene rings is 1. The molecule has 0 saturated carbocycles. The smallest absolute Gasteiger partial charge is 0.342 e. The molecule has 0 aliphatic carbocycles. The summed E-state index contributed by atoms with van der Waals surface area (Å²) in [6.45, 7) is 1.53. The Morgan fingerprint density at radius 3 is 2.67 bits per heavy atom. The van der Waals surface area contributed by atoms with E-state index in [1.54, 1.807) is 6.92 Å². The van der Waals surface area contributed by atoms with E-state index in [4.69, 9.17) is 16.3 Å². The van der Waals surface area contributed by atoms with E-state index in [9.17, 15) is 23.1 Å². The van der Waals surface area contributed by atoms with Gasteiger partial charge in [-0.1, -0.05) is 11.6 Å². The number of sulfone groups is 1. The minimum atomic E-state index is -3.12. The van der Waals surface area contributed by atoms with Gasteiger partial charge in [0.15, 0.2) is 16.4 Å². The standard InChI is InChI=1S/C15H18ClNO6S/c1-2-17(11-5-6-24(21,22)9-11)14(19)8-23-15(20)12-4-3-10(16)7-13(12)18/h3-4,7,11,18H,2,5-6,8-9H2,1H3/t11-/m1/s1. The molecule has 7 nitrogen and oxygen atoms in total. The van der Waals surface area contributed by atoms with Crippen LogP contribution in [0.3, 0.4) is 0 Å². The molecule has 24 heavy (non-hydrogen) atoms. The van der Waals surface area contributed by atoms with E-state index in [1.807, 2.05) is 0 Å². The third kappa shape index (κ3) is 4.39. The van der Waals surface area contributed by atoms with Crippen LogP contribution in [-0.4, -0.2) is 61.0 Å². The van der Waals surface area contributed by atoms with Crippen molar-refractivity contribution in [2.75, 3.05) is 24.7 Å². The largest absolute Gasteiger partial charge is 0.507 e. The van der Waals surface area contributed by atoms with Crippen molar-refractivity contribution in [3.05, 3.63) is 28.8 Å². The Kier molecular flexibility index (Phi) is 5.71. The van der Waals surface area contributed by atoms with Crippen molar-refractivity contribution in [1.82, 2.24) is 4.90 Å². The van der Waals surface area contributed by atoms with Gasteiger partial charge in [-0.2, -0.15) is 0 Å². The lowest BCUT2D eigenvalue weighted by atomic mass is 10.2. The number of carbonyl (C=O) groups excluding carboxylic acids is 2. The Hall–Kier alpha value is -1.80. The molecule has 1 aromatic carbocycles. The van der Waals surface area contributed by atoms with Crippen molar-refractivity contribution in [3.8, 4) is 5.75 Å². The number of likely N-dealkylation sites (N-methyl/N-ethyl adjacent to an activating group) is 1. The number of ether oxygens (including phenoxy) is 1. The zero-order chi connectivity index (χ0) is 17.9. The van der Waals surface area contributed by atoms with Gasteiger partial charge in [0.2, 0.25) is 0 Å².